The third kappa shape index (κ3) is 3.08. The van der Waals surface area contributed by atoms with Gasteiger partial charge in [-0.15, -0.1) is 11.8 Å². The molecule has 88 valence electrons. The van der Waals surface area contributed by atoms with Crippen LogP contribution in [0.2, 0.25) is 0 Å². The van der Waals surface area contributed by atoms with Crippen molar-refractivity contribution < 1.29 is 9.47 Å². The highest BCUT2D eigenvalue weighted by atomic mass is 32.2. The molecular formula is C13H18O2S. The zero-order valence-electron chi connectivity index (χ0n) is 10.0. The summed E-state index contributed by atoms with van der Waals surface area (Å²) < 4.78 is 11.5. The molecule has 3 heteroatoms. The number of rotatable bonds is 5. The van der Waals surface area contributed by atoms with E-state index < -0.39 is 0 Å². The lowest BCUT2D eigenvalue weighted by Gasteiger charge is -2.14. The summed E-state index contributed by atoms with van der Waals surface area (Å²) in [7, 11) is 0. The Hall–Kier alpha value is -0.830. The van der Waals surface area contributed by atoms with Gasteiger partial charge in [-0.05, 0) is 51.1 Å². The molecule has 0 N–H and O–H groups in total. The summed E-state index contributed by atoms with van der Waals surface area (Å²) in [5.74, 6) is 1.91. The van der Waals surface area contributed by atoms with Crippen molar-refractivity contribution in [3.63, 3.8) is 0 Å². The van der Waals surface area contributed by atoms with Crippen molar-refractivity contribution in [1.29, 1.82) is 0 Å². The van der Waals surface area contributed by atoms with Gasteiger partial charge in [0.15, 0.2) is 0 Å². The smallest absolute Gasteiger partial charge is 0.133 e. The topological polar surface area (TPSA) is 18.5 Å². The summed E-state index contributed by atoms with van der Waals surface area (Å²) in [5.41, 5.74) is 0. The Labute approximate surface area is 101 Å². The van der Waals surface area contributed by atoms with E-state index in [1.165, 1.54) is 12.8 Å². The number of ether oxygens (including phenoxy) is 2. The van der Waals surface area contributed by atoms with Gasteiger partial charge in [-0.3, -0.25) is 0 Å². The van der Waals surface area contributed by atoms with E-state index in [4.69, 9.17) is 9.47 Å². The first-order valence-electron chi connectivity index (χ1n) is 5.70. The Morgan fingerprint density at radius 2 is 2.06 bits per heavy atom. The van der Waals surface area contributed by atoms with Gasteiger partial charge in [-0.25, -0.2) is 0 Å². The molecule has 0 unspecified atom stereocenters. The summed E-state index contributed by atoms with van der Waals surface area (Å²) >= 11 is 1.69. The van der Waals surface area contributed by atoms with Crippen LogP contribution in [-0.4, -0.2) is 18.5 Å². The van der Waals surface area contributed by atoms with Gasteiger partial charge >= 0.3 is 0 Å². The quantitative estimate of drug-likeness (QED) is 0.728. The monoisotopic (exact) mass is 238 g/mol. The van der Waals surface area contributed by atoms with Crippen molar-refractivity contribution in [3.8, 4) is 11.5 Å². The van der Waals surface area contributed by atoms with Crippen molar-refractivity contribution in [2.75, 3.05) is 6.26 Å². The Bertz CT molecular complexity index is 359. The fourth-order valence-electron chi connectivity index (χ4n) is 1.45. The number of benzene rings is 1. The molecule has 0 radical (unpaired) electrons. The lowest BCUT2D eigenvalue weighted by molar-refractivity contribution is 0.235. The van der Waals surface area contributed by atoms with Gasteiger partial charge in [0, 0.05) is 0 Å². The Morgan fingerprint density at radius 1 is 1.31 bits per heavy atom. The molecule has 0 aromatic heterocycles. The van der Waals surface area contributed by atoms with Gasteiger partial charge in [-0.1, -0.05) is 0 Å². The van der Waals surface area contributed by atoms with Gasteiger partial charge in [0.05, 0.1) is 17.1 Å². The van der Waals surface area contributed by atoms with Gasteiger partial charge in [0.2, 0.25) is 0 Å². The zero-order chi connectivity index (χ0) is 11.5. The first-order chi connectivity index (χ1) is 7.69. The first kappa shape index (κ1) is 11.6. The maximum Gasteiger partial charge on any atom is 0.133 e. The van der Waals surface area contributed by atoms with E-state index in [9.17, 15) is 0 Å². The van der Waals surface area contributed by atoms with E-state index in [2.05, 4.69) is 12.3 Å². The molecule has 0 heterocycles. The Kier molecular flexibility index (Phi) is 3.64. The van der Waals surface area contributed by atoms with Crippen LogP contribution in [0.4, 0.5) is 0 Å². The molecule has 2 rings (SSSR count). The third-order valence-electron chi connectivity index (χ3n) is 2.32. The molecule has 0 saturated heterocycles. The van der Waals surface area contributed by atoms with Crippen LogP contribution in [0.1, 0.15) is 26.7 Å². The summed E-state index contributed by atoms with van der Waals surface area (Å²) in [5, 5.41) is 0. The van der Waals surface area contributed by atoms with Crippen LogP contribution < -0.4 is 9.47 Å². The molecule has 1 aliphatic rings. The first-order valence-corrected chi connectivity index (χ1v) is 6.93. The Morgan fingerprint density at radius 3 is 2.62 bits per heavy atom. The maximum absolute atomic E-state index is 5.76. The van der Waals surface area contributed by atoms with E-state index in [1.54, 1.807) is 11.8 Å². The highest BCUT2D eigenvalue weighted by molar-refractivity contribution is 7.98. The summed E-state index contributed by atoms with van der Waals surface area (Å²) in [4.78, 5) is 1.15. The van der Waals surface area contributed by atoms with Crippen molar-refractivity contribution in [1.82, 2.24) is 0 Å². The van der Waals surface area contributed by atoms with Crippen LogP contribution in [0.3, 0.4) is 0 Å². The molecule has 0 amide bonds. The van der Waals surface area contributed by atoms with Crippen molar-refractivity contribution >= 4 is 11.8 Å². The molecule has 1 saturated carbocycles. The number of hydrogen-bond acceptors (Lipinski definition) is 3. The van der Waals surface area contributed by atoms with E-state index in [-0.39, 0.29) is 6.10 Å². The molecule has 0 spiro atoms. The average molecular weight is 238 g/mol. The highest BCUT2D eigenvalue weighted by Crippen LogP contribution is 2.34. The van der Waals surface area contributed by atoms with E-state index in [1.807, 2.05) is 26.0 Å². The molecule has 0 aliphatic heterocycles. The van der Waals surface area contributed by atoms with Crippen molar-refractivity contribution in [3.05, 3.63) is 18.2 Å². The lowest BCUT2D eigenvalue weighted by atomic mass is 10.3. The fourth-order valence-corrected chi connectivity index (χ4v) is 2.00. The van der Waals surface area contributed by atoms with Crippen LogP contribution in [0.15, 0.2) is 23.1 Å². The molecule has 2 nitrogen and oxygen atoms in total. The van der Waals surface area contributed by atoms with Gasteiger partial charge in [-0.2, -0.15) is 0 Å². The third-order valence-corrected chi connectivity index (χ3v) is 3.08. The van der Waals surface area contributed by atoms with Crippen LogP contribution >= 0.6 is 11.8 Å². The highest BCUT2D eigenvalue weighted by Gasteiger charge is 2.23. The van der Waals surface area contributed by atoms with Crippen LogP contribution in [0.25, 0.3) is 0 Å². The number of hydrogen-bond donors (Lipinski definition) is 0. The Balaban J connectivity index is 2.12. The minimum Gasteiger partial charge on any atom is -0.490 e. The predicted octanol–water partition coefficient (Wildman–Crippen LogP) is 3.74. The standard InChI is InChI=1S/C13H18O2S/c1-9(2)14-12-7-6-11(8-13(12)16-3)15-10-4-5-10/h6-10H,4-5H2,1-3H3. The van der Waals surface area contributed by atoms with Crippen LogP contribution in [0, 0.1) is 0 Å². The second-order valence-corrected chi connectivity index (χ2v) is 5.14. The minimum absolute atomic E-state index is 0.209. The molecule has 0 bridgehead atoms. The molecule has 1 aromatic rings. The minimum atomic E-state index is 0.209. The van der Waals surface area contributed by atoms with Gasteiger partial charge in [0.25, 0.3) is 0 Å². The average Bonchev–Trinajstić information content (AvgIpc) is 3.03. The fraction of sp³-hybridized carbons (Fsp3) is 0.538. The molecule has 1 aliphatic carbocycles. The van der Waals surface area contributed by atoms with Crippen LogP contribution in [0.5, 0.6) is 11.5 Å². The lowest BCUT2D eigenvalue weighted by Crippen LogP contribution is -2.06. The number of thioether (sulfide) groups is 1. The molecule has 1 aromatic carbocycles. The second-order valence-electron chi connectivity index (χ2n) is 4.30. The normalized spacial score (nSPS) is 15.2. The van der Waals surface area contributed by atoms with Crippen molar-refractivity contribution in [2.24, 2.45) is 0 Å². The molecule has 1 fully saturated rings. The SMILES string of the molecule is CSc1cc(OC2CC2)ccc1OC(C)C. The van der Waals surface area contributed by atoms with Gasteiger partial charge in [0.1, 0.15) is 11.5 Å². The maximum atomic E-state index is 5.76. The molecular weight excluding hydrogens is 220 g/mol. The molecule has 16 heavy (non-hydrogen) atoms. The van der Waals surface area contributed by atoms with E-state index in [0.717, 1.165) is 16.4 Å². The summed E-state index contributed by atoms with van der Waals surface area (Å²) in [6.07, 6.45) is 5.11. The zero-order valence-corrected chi connectivity index (χ0v) is 10.8. The second kappa shape index (κ2) is 5.00. The van der Waals surface area contributed by atoms with Gasteiger partial charge < -0.3 is 9.47 Å². The van der Waals surface area contributed by atoms with Crippen molar-refractivity contribution in [2.45, 2.75) is 43.8 Å². The predicted molar refractivity (Wildman–Crippen MR) is 67.6 cm³/mol. The largest absolute Gasteiger partial charge is 0.490 e. The van der Waals surface area contributed by atoms with E-state index in [0.29, 0.717) is 6.10 Å². The van der Waals surface area contributed by atoms with E-state index >= 15 is 0 Å². The summed E-state index contributed by atoms with van der Waals surface area (Å²) in [6, 6.07) is 6.07. The van der Waals surface area contributed by atoms with Crippen LogP contribution in [-0.2, 0) is 0 Å². The summed E-state index contributed by atoms with van der Waals surface area (Å²) in [6.45, 7) is 4.08. The molecule has 0 atom stereocenters.